The summed E-state index contributed by atoms with van der Waals surface area (Å²) in [4.78, 5) is 17.2. The minimum Gasteiger partial charge on any atom is -0.495 e. The van der Waals surface area contributed by atoms with Gasteiger partial charge in [-0.2, -0.15) is 10.3 Å². The van der Waals surface area contributed by atoms with Crippen LogP contribution in [0.3, 0.4) is 0 Å². The fraction of sp³-hybridized carbons (Fsp3) is 0.105. The Morgan fingerprint density at radius 2 is 2.08 bits per heavy atom. The summed E-state index contributed by atoms with van der Waals surface area (Å²) in [6, 6.07) is 14.0. The van der Waals surface area contributed by atoms with E-state index in [0.717, 1.165) is 10.2 Å². The third-order valence-corrected chi connectivity index (χ3v) is 4.64. The highest BCUT2D eigenvalue weighted by Gasteiger charge is 2.12. The molecule has 0 saturated heterocycles. The molecular weight excluding hydrogens is 334 g/mol. The predicted octanol–water partition coefficient (Wildman–Crippen LogP) is 2.96. The molecule has 0 bridgehead atoms. The van der Waals surface area contributed by atoms with E-state index in [0.29, 0.717) is 21.7 Å². The molecule has 2 aromatic carbocycles. The monoisotopic (exact) mass is 347 g/mol. The number of para-hydroxylation sites is 1. The number of amides is 1. The molecule has 25 heavy (non-hydrogen) atoms. The molecule has 1 heterocycles. The summed E-state index contributed by atoms with van der Waals surface area (Å²) in [5.74, 6) is 2.88. The summed E-state index contributed by atoms with van der Waals surface area (Å²) in [6.07, 6.45) is 5.48. The van der Waals surface area contributed by atoms with Gasteiger partial charge in [0.2, 0.25) is 0 Å². The van der Waals surface area contributed by atoms with E-state index in [1.54, 1.807) is 35.9 Å². The van der Waals surface area contributed by atoms with Crippen LogP contribution in [-0.4, -0.2) is 17.6 Å². The maximum absolute atomic E-state index is 12.5. The Balaban J connectivity index is 2.15. The van der Waals surface area contributed by atoms with Crippen LogP contribution in [0.1, 0.15) is 15.9 Å². The molecule has 5 nitrogen and oxygen atoms in total. The van der Waals surface area contributed by atoms with Gasteiger partial charge in [-0.25, -0.2) is 0 Å². The van der Waals surface area contributed by atoms with Crippen molar-refractivity contribution in [1.82, 2.24) is 4.57 Å². The van der Waals surface area contributed by atoms with E-state index in [2.05, 4.69) is 10.9 Å². The van der Waals surface area contributed by atoms with Gasteiger partial charge in [0.15, 0.2) is 4.80 Å². The van der Waals surface area contributed by atoms with Crippen LogP contribution in [0.25, 0.3) is 10.2 Å². The lowest BCUT2D eigenvalue weighted by Gasteiger charge is -2.05. The number of benzene rings is 2. The molecule has 0 saturated carbocycles. The van der Waals surface area contributed by atoms with Gasteiger partial charge in [0, 0.05) is 5.56 Å². The Morgan fingerprint density at radius 1 is 1.32 bits per heavy atom. The Hall–Kier alpha value is -3.35. The molecule has 3 aromatic rings. The number of methoxy groups -OCH3 is 1. The molecule has 0 aliphatic rings. The molecule has 3 rings (SSSR count). The predicted molar refractivity (Wildman–Crippen MR) is 96.3 cm³/mol. The number of aromatic nitrogens is 1. The highest BCUT2D eigenvalue weighted by atomic mass is 32.1. The average molecular weight is 347 g/mol. The van der Waals surface area contributed by atoms with Crippen LogP contribution in [0.4, 0.5) is 0 Å². The quantitative estimate of drug-likeness (QED) is 0.684. The van der Waals surface area contributed by atoms with Crippen molar-refractivity contribution in [3.63, 3.8) is 0 Å². The Bertz CT molecular complexity index is 1090. The van der Waals surface area contributed by atoms with Crippen molar-refractivity contribution < 1.29 is 9.53 Å². The number of nitrogens with zero attached hydrogens (tertiary/aromatic N) is 3. The standard InChI is InChI=1S/C19H13N3O2S/c1-3-11-22-17-15(24-2)5-4-6-16(17)25-19(22)21-18(23)14-9-7-13(12-20)8-10-14/h1,4-10H,11H2,2H3. The first kappa shape index (κ1) is 16.5. The van der Waals surface area contributed by atoms with E-state index in [4.69, 9.17) is 16.4 Å². The van der Waals surface area contributed by atoms with E-state index in [1.165, 1.54) is 11.3 Å². The lowest BCUT2D eigenvalue weighted by atomic mass is 10.1. The van der Waals surface area contributed by atoms with Gasteiger partial charge in [-0.15, -0.1) is 6.42 Å². The van der Waals surface area contributed by atoms with Crippen LogP contribution >= 0.6 is 11.3 Å². The largest absolute Gasteiger partial charge is 0.495 e. The highest BCUT2D eigenvalue weighted by Crippen LogP contribution is 2.27. The van der Waals surface area contributed by atoms with E-state index >= 15 is 0 Å². The van der Waals surface area contributed by atoms with Crippen LogP contribution in [0.15, 0.2) is 47.5 Å². The zero-order valence-electron chi connectivity index (χ0n) is 13.4. The van der Waals surface area contributed by atoms with Gasteiger partial charge >= 0.3 is 0 Å². The number of rotatable bonds is 3. The van der Waals surface area contributed by atoms with Crippen LogP contribution in [0, 0.1) is 23.7 Å². The second kappa shape index (κ2) is 7.04. The van der Waals surface area contributed by atoms with Crippen molar-refractivity contribution in [2.45, 2.75) is 6.54 Å². The van der Waals surface area contributed by atoms with Crippen molar-refractivity contribution in [2.75, 3.05) is 7.11 Å². The van der Waals surface area contributed by atoms with Crippen LogP contribution in [-0.2, 0) is 6.54 Å². The summed E-state index contributed by atoms with van der Waals surface area (Å²) < 4.78 is 8.13. The van der Waals surface area contributed by atoms with Crippen molar-refractivity contribution in [3.05, 3.63) is 58.4 Å². The number of terminal acetylenes is 1. The smallest absolute Gasteiger partial charge is 0.279 e. The fourth-order valence-electron chi connectivity index (χ4n) is 2.42. The molecule has 6 heteroatoms. The zero-order chi connectivity index (χ0) is 17.8. The molecular formula is C19H13N3O2S. The third-order valence-electron chi connectivity index (χ3n) is 3.59. The molecule has 0 radical (unpaired) electrons. The first-order valence-corrected chi connectivity index (χ1v) is 8.18. The zero-order valence-corrected chi connectivity index (χ0v) is 14.2. The van der Waals surface area contributed by atoms with Gasteiger partial charge in [-0.1, -0.05) is 23.3 Å². The molecule has 0 N–H and O–H groups in total. The lowest BCUT2D eigenvalue weighted by Crippen LogP contribution is -2.16. The molecule has 0 spiro atoms. The summed E-state index contributed by atoms with van der Waals surface area (Å²) in [5, 5.41) is 8.84. The molecule has 1 amide bonds. The van der Waals surface area contributed by atoms with Crippen molar-refractivity contribution in [1.29, 1.82) is 5.26 Å². The van der Waals surface area contributed by atoms with Gasteiger partial charge in [0.1, 0.15) is 11.3 Å². The number of hydrogen-bond acceptors (Lipinski definition) is 4. The number of nitriles is 1. The highest BCUT2D eigenvalue weighted by molar-refractivity contribution is 7.16. The Labute approximate surface area is 148 Å². The summed E-state index contributed by atoms with van der Waals surface area (Å²) in [7, 11) is 1.59. The topological polar surface area (TPSA) is 67.4 Å². The van der Waals surface area contributed by atoms with Gasteiger partial charge in [-0.05, 0) is 36.4 Å². The summed E-state index contributed by atoms with van der Waals surface area (Å²) >= 11 is 1.37. The van der Waals surface area contributed by atoms with Gasteiger partial charge < -0.3 is 9.30 Å². The second-order valence-corrected chi connectivity index (χ2v) is 6.10. The van der Waals surface area contributed by atoms with E-state index in [9.17, 15) is 4.79 Å². The molecule has 0 aliphatic heterocycles. The van der Waals surface area contributed by atoms with E-state index in [1.807, 2.05) is 24.3 Å². The SMILES string of the molecule is C#CCn1c(=NC(=O)c2ccc(C#N)cc2)sc2cccc(OC)c21. The van der Waals surface area contributed by atoms with Crippen LogP contribution in [0.2, 0.25) is 0 Å². The number of thiazole rings is 1. The third kappa shape index (κ3) is 3.16. The number of hydrogen-bond donors (Lipinski definition) is 0. The lowest BCUT2D eigenvalue weighted by molar-refractivity contribution is 0.0998. The first-order valence-electron chi connectivity index (χ1n) is 7.37. The van der Waals surface area contributed by atoms with E-state index < -0.39 is 0 Å². The average Bonchev–Trinajstić information content (AvgIpc) is 2.99. The first-order chi connectivity index (χ1) is 12.2. The molecule has 1 aromatic heterocycles. The van der Waals surface area contributed by atoms with Crippen molar-refractivity contribution in [3.8, 4) is 24.2 Å². The van der Waals surface area contributed by atoms with Gasteiger partial charge in [0.05, 0.1) is 30.0 Å². The molecule has 122 valence electrons. The Kier molecular flexibility index (Phi) is 4.65. The van der Waals surface area contributed by atoms with Gasteiger partial charge in [0.25, 0.3) is 5.91 Å². The maximum atomic E-state index is 12.5. The van der Waals surface area contributed by atoms with Crippen LogP contribution in [0.5, 0.6) is 5.75 Å². The number of fused-ring (bicyclic) bond motifs is 1. The second-order valence-electron chi connectivity index (χ2n) is 5.09. The number of carbonyl (C=O) groups is 1. The minimum atomic E-state index is -0.388. The fourth-order valence-corrected chi connectivity index (χ4v) is 3.47. The minimum absolute atomic E-state index is 0.278. The summed E-state index contributed by atoms with van der Waals surface area (Å²) in [6.45, 7) is 0.278. The van der Waals surface area contributed by atoms with E-state index in [-0.39, 0.29) is 12.5 Å². The molecule has 0 unspecified atom stereocenters. The number of ether oxygens (including phenoxy) is 1. The van der Waals surface area contributed by atoms with Crippen molar-refractivity contribution in [2.24, 2.45) is 4.99 Å². The van der Waals surface area contributed by atoms with Crippen LogP contribution < -0.4 is 9.54 Å². The Morgan fingerprint density at radius 3 is 2.72 bits per heavy atom. The van der Waals surface area contributed by atoms with Gasteiger partial charge in [-0.3, -0.25) is 4.79 Å². The summed E-state index contributed by atoms with van der Waals surface area (Å²) in [5.41, 5.74) is 1.72. The molecule has 0 atom stereocenters. The molecule has 0 aliphatic carbocycles. The number of carbonyl (C=O) groups excluding carboxylic acids is 1. The molecule has 0 fully saturated rings. The maximum Gasteiger partial charge on any atom is 0.279 e. The van der Waals surface area contributed by atoms with Crippen molar-refractivity contribution >= 4 is 27.5 Å². The normalized spacial score (nSPS) is 11.1.